The van der Waals surface area contributed by atoms with E-state index >= 15 is 0 Å². The first kappa shape index (κ1) is 12.5. The normalized spacial score (nSPS) is 11.2. The Morgan fingerprint density at radius 2 is 2.11 bits per heavy atom. The smallest absolute Gasteiger partial charge is 0.0486 e. The fourth-order valence-corrected chi connectivity index (χ4v) is 3.15. The number of hydrogen-bond donors (Lipinski definition) is 1. The van der Waals surface area contributed by atoms with Crippen LogP contribution in [0.5, 0.6) is 0 Å². The molecule has 0 unspecified atom stereocenters. The Kier molecular flexibility index (Phi) is 3.67. The van der Waals surface area contributed by atoms with E-state index in [1.54, 1.807) is 11.3 Å². The van der Waals surface area contributed by atoms with Gasteiger partial charge in [0, 0.05) is 23.6 Å². The number of rotatable bonds is 5. The lowest BCUT2D eigenvalue weighted by Crippen LogP contribution is -2.10. The predicted octanol–water partition coefficient (Wildman–Crippen LogP) is 3.51. The molecule has 0 bridgehead atoms. The van der Waals surface area contributed by atoms with Crippen LogP contribution in [-0.2, 0) is 13.0 Å². The highest BCUT2D eigenvalue weighted by molar-refractivity contribution is 7.07. The van der Waals surface area contributed by atoms with Gasteiger partial charge in [-0.05, 0) is 54.0 Å². The minimum absolute atomic E-state index is 0.962. The van der Waals surface area contributed by atoms with Gasteiger partial charge in [-0.1, -0.05) is 18.2 Å². The lowest BCUT2D eigenvalue weighted by atomic mass is 10.1. The molecule has 3 rings (SSSR count). The topological polar surface area (TPSA) is 17.0 Å². The van der Waals surface area contributed by atoms with Crippen molar-refractivity contribution < 1.29 is 0 Å². The van der Waals surface area contributed by atoms with Crippen LogP contribution in [0.3, 0.4) is 0 Å². The maximum Gasteiger partial charge on any atom is 0.0486 e. The lowest BCUT2D eigenvalue weighted by molar-refractivity contribution is 0.783. The van der Waals surface area contributed by atoms with Crippen molar-refractivity contribution in [2.75, 3.05) is 13.6 Å². The van der Waals surface area contributed by atoms with Gasteiger partial charge in [-0.25, -0.2) is 0 Å². The molecule has 0 fully saturated rings. The molecular formula is C16H18N2S. The SMILES string of the molecule is CNCCc1cn(Cc2ccsc2)c2ccccc12. The summed E-state index contributed by atoms with van der Waals surface area (Å²) in [6.07, 6.45) is 3.38. The zero-order valence-electron chi connectivity index (χ0n) is 11.1. The van der Waals surface area contributed by atoms with Gasteiger partial charge in [0.15, 0.2) is 0 Å². The molecule has 3 aromatic rings. The number of aromatic nitrogens is 1. The van der Waals surface area contributed by atoms with Gasteiger partial charge in [-0.2, -0.15) is 11.3 Å². The molecule has 2 aromatic heterocycles. The van der Waals surface area contributed by atoms with Gasteiger partial charge in [0.25, 0.3) is 0 Å². The number of nitrogens with one attached hydrogen (secondary N) is 1. The van der Waals surface area contributed by atoms with Crippen LogP contribution in [0, 0.1) is 0 Å². The molecule has 0 saturated carbocycles. The molecule has 3 heteroatoms. The van der Waals surface area contributed by atoms with Crippen molar-refractivity contribution in [2.45, 2.75) is 13.0 Å². The maximum absolute atomic E-state index is 3.23. The fraction of sp³-hybridized carbons (Fsp3) is 0.250. The van der Waals surface area contributed by atoms with Gasteiger partial charge in [0.2, 0.25) is 0 Å². The summed E-state index contributed by atoms with van der Waals surface area (Å²) in [5.41, 5.74) is 4.14. The van der Waals surface area contributed by atoms with E-state index in [0.717, 1.165) is 19.5 Å². The Morgan fingerprint density at radius 1 is 1.21 bits per heavy atom. The number of fused-ring (bicyclic) bond motifs is 1. The zero-order valence-corrected chi connectivity index (χ0v) is 11.9. The summed E-state index contributed by atoms with van der Waals surface area (Å²) in [6, 6.07) is 10.9. The molecule has 2 nitrogen and oxygen atoms in total. The molecule has 0 radical (unpaired) electrons. The minimum atomic E-state index is 0.962. The number of thiophene rings is 1. The van der Waals surface area contributed by atoms with Crippen molar-refractivity contribution in [3.8, 4) is 0 Å². The van der Waals surface area contributed by atoms with Gasteiger partial charge in [-0.15, -0.1) is 0 Å². The van der Waals surface area contributed by atoms with Crippen LogP contribution in [0.2, 0.25) is 0 Å². The first-order valence-corrected chi connectivity index (χ1v) is 7.55. The van der Waals surface area contributed by atoms with Crippen LogP contribution in [0.4, 0.5) is 0 Å². The summed E-state index contributed by atoms with van der Waals surface area (Å²) in [5.74, 6) is 0. The number of likely N-dealkylation sites (N-methyl/N-ethyl adjacent to an activating group) is 1. The molecule has 2 heterocycles. The third-order valence-corrected chi connectivity index (χ3v) is 4.18. The van der Waals surface area contributed by atoms with Crippen LogP contribution in [0.1, 0.15) is 11.1 Å². The highest BCUT2D eigenvalue weighted by atomic mass is 32.1. The van der Waals surface area contributed by atoms with Crippen molar-refractivity contribution in [1.29, 1.82) is 0 Å². The molecule has 1 N–H and O–H groups in total. The lowest BCUT2D eigenvalue weighted by Gasteiger charge is -2.02. The molecule has 98 valence electrons. The zero-order chi connectivity index (χ0) is 13.1. The number of nitrogens with zero attached hydrogens (tertiary/aromatic N) is 1. The first-order chi connectivity index (χ1) is 9.38. The van der Waals surface area contributed by atoms with E-state index in [1.165, 1.54) is 22.0 Å². The van der Waals surface area contributed by atoms with E-state index in [0.29, 0.717) is 0 Å². The number of para-hydroxylation sites is 1. The van der Waals surface area contributed by atoms with Gasteiger partial charge in [0.05, 0.1) is 0 Å². The molecule has 0 aliphatic carbocycles. The predicted molar refractivity (Wildman–Crippen MR) is 83.0 cm³/mol. The Bertz CT molecular complexity index is 653. The average Bonchev–Trinajstić information content (AvgIpc) is 3.06. The molecular weight excluding hydrogens is 252 g/mol. The van der Waals surface area contributed by atoms with Crippen LogP contribution >= 0.6 is 11.3 Å². The Morgan fingerprint density at radius 3 is 2.89 bits per heavy atom. The quantitative estimate of drug-likeness (QED) is 0.750. The Labute approximate surface area is 117 Å². The van der Waals surface area contributed by atoms with E-state index in [9.17, 15) is 0 Å². The fourth-order valence-electron chi connectivity index (χ4n) is 2.49. The summed E-state index contributed by atoms with van der Waals surface area (Å²) in [4.78, 5) is 0. The third-order valence-electron chi connectivity index (χ3n) is 3.45. The molecule has 0 saturated heterocycles. The largest absolute Gasteiger partial charge is 0.343 e. The average molecular weight is 270 g/mol. The molecule has 19 heavy (non-hydrogen) atoms. The molecule has 0 aliphatic rings. The second kappa shape index (κ2) is 5.59. The minimum Gasteiger partial charge on any atom is -0.343 e. The van der Waals surface area contributed by atoms with E-state index in [2.05, 4.69) is 57.2 Å². The molecule has 1 aromatic carbocycles. The van der Waals surface area contributed by atoms with Crippen molar-refractivity contribution in [1.82, 2.24) is 9.88 Å². The van der Waals surface area contributed by atoms with Crippen molar-refractivity contribution in [3.05, 3.63) is 58.4 Å². The van der Waals surface area contributed by atoms with E-state index < -0.39 is 0 Å². The van der Waals surface area contributed by atoms with Gasteiger partial charge >= 0.3 is 0 Å². The highest BCUT2D eigenvalue weighted by Crippen LogP contribution is 2.23. The Hall–Kier alpha value is -1.58. The third kappa shape index (κ3) is 2.57. The van der Waals surface area contributed by atoms with E-state index in [-0.39, 0.29) is 0 Å². The van der Waals surface area contributed by atoms with Crippen molar-refractivity contribution >= 4 is 22.2 Å². The van der Waals surface area contributed by atoms with Crippen molar-refractivity contribution in [3.63, 3.8) is 0 Å². The summed E-state index contributed by atoms with van der Waals surface area (Å²) < 4.78 is 2.36. The number of benzene rings is 1. The summed E-state index contributed by atoms with van der Waals surface area (Å²) in [6.45, 7) is 1.98. The molecule has 0 spiro atoms. The molecule has 0 atom stereocenters. The summed E-state index contributed by atoms with van der Waals surface area (Å²) >= 11 is 1.76. The van der Waals surface area contributed by atoms with E-state index in [4.69, 9.17) is 0 Å². The van der Waals surface area contributed by atoms with Crippen LogP contribution in [-0.4, -0.2) is 18.2 Å². The van der Waals surface area contributed by atoms with Gasteiger partial charge in [0.1, 0.15) is 0 Å². The standard InChI is InChI=1S/C16H18N2S/c1-17-8-6-14-11-18(10-13-7-9-19-12-13)16-5-3-2-4-15(14)16/h2-5,7,9,11-12,17H,6,8,10H2,1H3. The summed E-state index contributed by atoms with van der Waals surface area (Å²) in [5, 5.41) is 8.98. The summed E-state index contributed by atoms with van der Waals surface area (Å²) in [7, 11) is 2.00. The number of hydrogen-bond acceptors (Lipinski definition) is 2. The second-order valence-corrected chi connectivity index (χ2v) is 5.56. The second-order valence-electron chi connectivity index (χ2n) is 4.78. The van der Waals surface area contributed by atoms with E-state index in [1.807, 2.05) is 7.05 Å². The molecule has 0 amide bonds. The van der Waals surface area contributed by atoms with Gasteiger partial charge < -0.3 is 9.88 Å². The molecule has 0 aliphatic heterocycles. The maximum atomic E-state index is 3.23. The van der Waals surface area contributed by atoms with Crippen LogP contribution in [0.25, 0.3) is 10.9 Å². The van der Waals surface area contributed by atoms with Crippen LogP contribution < -0.4 is 5.32 Å². The monoisotopic (exact) mass is 270 g/mol. The first-order valence-electron chi connectivity index (χ1n) is 6.61. The van der Waals surface area contributed by atoms with Gasteiger partial charge in [-0.3, -0.25) is 0 Å². The Balaban J connectivity index is 1.99. The van der Waals surface area contributed by atoms with Crippen LogP contribution in [0.15, 0.2) is 47.3 Å². The van der Waals surface area contributed by atoms with Crippen molar-refractivity contribution in [2.24, 2.45) is 0 Å². The highest BCUT2D eigenvalue weighted by Gasteiger charge is 2.08.